The predicted octanol–water partition coefficient (Wildman–Crippen LogP) is 2.68. The summed E-state index contributed by atoms with van der Waals surface area (Å²) in [6, 6.07) is 7.25. The second-order valence-corrected chi connectivity index (χ2v) is 4.29. The molecule has 0 unspecified atom stereocenters. The Labute approximate surface area is 104 Å². The molecule has 0 aliphatic rings. The van der Waals surface area contributed by atoms with Gasteiger partial charge in [-0.1, -0.05) is 23.2 Å². The van der Waals surface area contributed by atoms with Crippen LogP contribution in [0.4, 0.5) is 0 Å². The van der Waals surface area contributed by atoms with Crippen molar-refractivity contribution in [2.24, 2.45) is 5.73 Å². The van der Waals surface area contributed by atoms with E-state index in [0.29, 0.717) is 16.6 Å². The molecule has 16 heavy (non-hydrogen) atoms. The van der Waals surface area contributed by atoms with Gasteiger partial charge in [-0.15, -0.1) is 0 Å². The largest absolute Gasteiger partial charge is 0.330 e. The molecule has 0 radical (unpaired) electrons. The van der Waals surface area contributed by atoms with Gasteiger partial charge in [-0.2, -0.15) is 5.10 Å². The van der Waals surface area contributed by atoms with Crippen molar-refractivity contribution in [3.05, 3.63) is 46.2 Å². The summed E-state index contributed by atoms with van der Waals surface area (Å²) < 4.78 is 1.74. The summed E-state index contributed by atoms with van der Waals surface area (Å²) in [5.41, 5.74) is 7.27. The van der Waals surface area contributed by atoms with Gasteiger partial charge in [-0.05, 0) is 30.8 Å². The highest BCUT2D eigenvalue weighted by molar-refractivity contribution is 6.34. The molecule has 5 heteroatoms. The molecule has 0 saturated carbocycles. The second-order valence-electron chi connectivity index (χ2n) is 3.42. The van der Waals surface area contributed by atoms with E-state index in [4.69, 9.17) is 28.9 Å². The molecule has 0 fully saturated rings. The fraction of sp³-hybridized carbons (Fsp3) is 0.182. The van der Waals surface area contributed by atoms with E-state index in [9.17, 15) is 0 Å². The zero-order valence-corrected chi connectivity index (χ0v) is 10.0. The third kappa shape index (κ3) is 2.55. The van der Waals surface area contributed by atoms with Gasteiger partial charge in [0.15, 0.2) is 0 Å². The Balaban J connectivity index is 2.34. The van der Waals surface area contributed by atoms with Gasteiger partial charge < -0.3 is 5.73 Å². The van der Waals surface area contributed by atoms with Gasteiger partial charge >= 0.3 is 0 Å². The molecule has 2 rings (SSSR count). The highest BCUT2D eigenvalue weighted by Crippen LogP contribution is 2.21. The molecule has 1 aromatic carbocycles. The van der Waals surface area contributed by atoms with Crippen molar-refractivity contribution in [1.82, 2.24) is 9.78 Å². The van der Waals surface area contributed by atoms with Gasteiger partial charge in [-0.25, -0.2) is 4.68 Å². The van der Waals surface area contributed by atoms with E-state index in [1.54, 1.807) is 10.7 Å². The number of hydrogen-bond donors (Lipinski definition) is 1. The smallest absolute Gasteiger partial charge is 0.0675 e. The Bertz CT molecular complexity index is 473. The van der Waals surface area contributed by atoms with Crippen LogP contribution in [-0.4, -0.2) is 16.3 Å². The minimum Gasteiger partial charge on any atom is -0.330 e. The van der Waals surface area contributed by atoms with Crippen LogP contribution < -0.4 is 5.73 Å². The molecule has 2 N–H and O–H groups in total. The lowest BCUT2D eigenvalue weighted by atomic mass is 10.3. The Hall–Kier alpha value is -1.03. The zero-order valence-electron chi connectivity index (χ0n) is 8.53. The van der Waals surface area contributed by atoms with Crippen LogP contribution in [0.3, 0.4) is 0 Å². The first-order chi connectivity index (χ1) is 7.69. The van der Waals surface area contributed by atoms with E-state index in [2.05, 4.69) is 5.10 Å². The number of nitrogens with two attached hydrogens (primary N) is 1. The number of aromatic nitrogens is 2. The Morgan fingerprint density at radius 3 is 2.50 bits per heavy atom. The molecule has 1 aromatic heterocycles. The van der Waals surface area contributed by atoms with E-state index in [1.165, 1.54) is 0 Å². The third-order valence-electron chi connectivity index (χ3n) is 2.16. The summed E-state index contributed by atoms with van der Waals surface area (Å²) >= 11 is 11.8. The molecule has 3 nitrogen and oxygen atoms in total. The quantitative estimate of drug-likeness (QED) is 0.917. The topological polar surface area (TPSA) is 43.8 Å². The molecule has 0 saturated heterocycles. The summed E-state index contributed by atoms with van der Waals surface area (Å²) in [6.07, 6.45) is 2.63. The number of nitrogens with zero attached hydrogens (tertiary/aromatic N) is 2. The van der Waals surface area contributed by atoms with Crippen molar-refractivity contribution < 1.29 is 0 Å². The molecular formula is C11H11Cl2N3. The van der Waals surface area contributed by atoms with Crippen LogP contribution in [0.5, 0.6) is 0 Å². The maximum absolute atomic E-state index is 5.92. The van der Waals surface area contributed by atoms with Crippen molar-refractivity contribution >= 4 is 23.2 Å². The summed E-state index contributed by atoms with van der Waals surface area (Å²) in [6.45, 7) is 0.591. The zero-order chi connectivity index (χ0) is 11.5. The van der Waals surface area contributed by atoms with Crippen LogP contribution in [0.25, 0.3) is 5.69 Å². The number of rotatable bonds is 3. The maximum atomic E-state index is 5.92. The van der Waals surface area contributed by atoms with Gasteiger partial charge in [0.1, 0.15) is 0 Å². The normalized spacial score (nSPS) is 10.7. The van der Waals surface area contributed by atoms with E-state index in [1.807, 2.05) is 24.4 Å². The van der Waals surface area contributed by atoms with Gasteiger partial charge in [0.25, 0.3) is 0 Å². The van der Waals surface area contributed by atoms with E-state index in [-0.39, 0.29) is 0 Å². The molecule has 0 aliphatic carbocycles. The maximum Gasteiger partial charge on any atom is 0.0675 e. The number of halogens is 2. The van der Waals surface area contributed by atoms with E-state index in [0.717, 1.165) is 17.8 Å². The lowest BCUT2D eigenvalue weighted by Crippen LogP contribution is -2.04. The highest BCUT2D eigenvalue weighted by Gasteiger charge is 2.03. The van der Waals surface area contributed by atoms with Crippen LogP contribution in [0.2, 0.25) is 10.0 Å². The number of hydrogen-bond acceptors (Lipinski definition) is 2. The Morgan fingerprint density at radius 2 is 1.88 bits per heavy atom. The molecule has 0 atom stereocenters. The second kappa shape index (κ2) is 4.87. The molecule has 0 aliphatic heterocycles. The predicted molar refractivity (Wildman–Crippen MR) is 66.3 cm³/mol. The van der Waals surface area contributed by atoms with Crippen LogP contribution in [0, 0.1) is 0 Å². The molecule has 0 spiro atoms. The van der Waals surface area contributed by atoms with Gasteiger partial charge in [0.2, 0.25) is 0 Å². The number of benzene rings is 1. The van der Waals surface area contributed by atoms with E-state index < -0.39 is 0 Å². The lowest BCUT2D eigenvalue weighted by molar-refractivity contribution is 0.822. The minimum atomic E-state index is 0.591. The fourth-order valence-electron chi connectivity index (χ4n) is 1.46. The first kappa shape index (κ1) is 11.5. The molecule has 0 bridgehead atoms. The third-order valence-corrected chi connectivity index (χ3v) is 2.59. The van der Waals surface area contributed by atoms with E-state index >= 15 is 0 Å². The lowest BCUT2D eigenvalue weighted by Gasteiger charge is -2.02. The standard InChI is InChI=1S/C11H11Cl2N3/c12-8-5-9(13)7-11(6-8)16-4-2-10(15-16)1-3-14/h2,4-7H,1,3,14H2. The highest BCUT2D eigenvalue weighted by atomic mass is 35.5. The monoisotopic (exact) mass is 255 g/mol. The molecular weight excluding hydrogens is 245 g/mol. The van der Waals surface area contributed by atoms with Crippen LogP contribution in [0.15, 0.2) is 30.5 Å². The van der Waals surface area contributed by atoms with Crippen molar-refractivity contribution in [3.8, 4) is 5.69 Å². The first-order valence-electron chi connectivity index (χ1n) is 4.90. The Kier molecular flexibility index (Phi) is 3.49. The SMILES string of the molecule is NCCc1ccn(-c2cc(Cl)cc(Cl)c2)n1. The summed E-state index contributed by atoms with van der Waals surface area (Å²) in [4.78, 5) is 0. The van der Waals surface area contributed by atoms with Gasteiger partial charge in [0, 0.05) is 22.7 Å². The van der Waals surface area contributed by atoms with Crippen LogP contribution >= 0.6 is 23.2 Å². The van der Waals surface area contributed by atoms with Crippen molar-refractivity contribution in [2.75, 3.05) is 6.54 Å². The summed E-state index contributed by atoms with van der Waals surface area (Å²) in [7, 11) is 0. The van der Waals surface area contributed by atoms with Crippen LogP contribution in [0.1, 0.15) is 5.69 Å². The molecule has 2 aromatic rings. The van der Waals surface area contributed by atoms with Crippen molar-refractivity contribution in [1.29, 1.82) is 0 Å². The minimum absolute atomic E-state index is 0.591. The Morgan fingerprint density at radius 1 is 1.19 bits per heavy atom. The fourth-order valence-corrected chi connectivity index (χ4v) is 1.97. The van der Waals surface area contributed by atoms with Crippen molar-refractivity contribution in [2.45, 2.75) is 6.42 Å². The molecule has 0 amide bonds. The van der Waals surface area contributed by atoms with Gasteiger partial charge in [0.05, 0.1) is 11.4 Å². The molecule has 84 valence electrons. The summed E-state index contributed by atoms with van der Waals surface area (Å²) in [5, 5.41) is 5.56. The van der Waals surface area contributed by atoms with Crippen molar-refractivity contribution in [3.63, 3.8) is 0 Å². The average molecular weight is 256 g/mol. The first-order valence-corrected chi connectivity index (χ1v) is 5.66. The average Bonchev–Trinajstić information content (AvgIpc) is 2.65. The summed E-state index contributed by atoms with van der Waals surface area (Å²) in [5.74, 6) is 0. The van der Waals surface area contributed by atoms with Gasteiger partial charge in [-0.3, -0.25) is 0 Å². The molecule has 1 heterocycles. The van der Waals surface area contributed by atoms with Crippen LogP contribution in [-0.2, 0) is 6.42 Å².